The number of nitrogens with zero attached hydrogens (tertiary/aromatic N) is 4. The van der Waals surface area contributed by atoms with Gasteiger partial charge >= 0.3 is 0 Å². The van der Waals surface area contributed by atoms with Gasteiger partial charge in [0, 0.05) is 19.4 Å². The summed E-state index contributed by atoms with van der Waals surface area (Å²) in [7, 11) is 1.80. The van der Waals surface area contributed by atoms with E-state index in [2.05, 4.69) is 28.4 Å². The van der Waals surface area contributed by atoms with Crippen molar-refractivity contribution in [3.63, 3.8) is 0 Å². The number of nitrogens with one attached hydrogen (secondary N) is 1. The number of nitriles is 1. The summed E-state index contributed by atoms with van der Waals surface area (Å²) in [5.74, 6) is 1.89. The van der Waals surface area contributed by atoms with Gasteiger partial charge in [0.05, 0.1) is 12.1 Å². The monoisotopic (exact) mass is 221 g/mol. The molecule has 1 heterocycles. The first kappa shape index (κ1) is 12.7. The van der Waals surface area contributed by atoms with Crippen LogP contribution in [0.3, 0.4) is 0 Å². The zero-order chi connectivity index (χ0) is 12.0. The van der Waals surface area contributed by atoms with Crippen molar-refractivity contribution in [1.82, 2.24) is 20.1 Å². The predicted molar refractivity (Wildman–Crippen MR) is 61.9 cm³/mol. The Bertz CT molecular complexity index is 363. The van der Waals surface area contributed by atoms with Crippen molar-refractivity contribution in [3.8, 4) is 6.07 Å². The molecule has 0 fully saturated rings. The maximum Gasteiger partial charge on any atom is 0.150 e. The Morgan fingerprint density at radius 3 is 2.69 bits per heavy atom. The van der Waals surface area contributed by atoms with Gasteiger partial charge in [-0.3, -0.25) is 0 Å². The SMILES string of the molecule is CCc1nc(CC)n(CCC(C#N)NC)n1. The number of aromatic nitrogens is 3. The molecule has 1 atom stereocenters. The summed E-state index contributed by atoms with van der Waals surface area (Å²) in [4.78, 5) is 4.43. The lowest BCUT2D eigenvalue weighted by atomic mass is 10.2. The predicted octanol–water partition coefficient (Wildman–Crippen LogP) is 0.905. The zero-order valence-electron chi connectivity index (χ0n) is 10.2. The highest BCUT2D eigenvalue weighted by molar-refractivity contribution is 4.94. The average Bonchev–Trinajstić information content (AvgIpc) is 2.73. The zero-order valence-corrected chi connectivity index (χ0v) is 10.2. The first-order chi connectivity index (χ1) is 7.74. The van der Waals surface area contributed by atoms with Crippen molar-refractivity contribution in [2.24, 2.45) is 0 Å². The van der Waals surface area contributed by atoms with Gasteiger partial charge in [-0.25, -0.2) is 9.67 Å². The first-order valence-electron chi connectivity index (χ1n) is 5.74. The van der Waals surface area contributed by atoms with Crippen molar-refractivity contribution in [1.29, 1.82) is 5.26 Å². The molecule has 5 nitrogen and oxygen atoms in total. The standard InChI is InChI=1S/C11H19N5/c1-4-10-14-11(5-2)16(15-10)7-6-9(8-12)13-3/h9,13H,4-7H2,1-3H3. The van der Waals surface area contributed by atoms with E-state index >= 15 is 0 Å². The fraction of sp³-hybridized carbons (Fsp3) is 0.727. The van der Waals surface area contributed by atoms with Gasteiger partial charge in [-0.1, -0.05) is 13.8 Å². The molecule has 16 heavy (non-hydrogen) atoms. The molecule has 0 saturated carbocycles. The number of rotatable bonds is 6. The molecule has 0 saturated heterocycles. The Labute approximate surface area is 96.5 Å². The molecule has 1 aromatic heterocycles. The van der Waals surface area contributed by atoms with Gasteiger partial charge in [-0.05, 0) is 13.5 Å². The lowest BCUT2D eigenvalue weighted by Crippen LogP contribution is -2.25. The number of hydrogen-bond acceptors (Lipinski definition) is 4. The van der Waals surface area contributed by atoms with Crippen molar-refractivity contribution < 1.29 is 0 Å². The summed E-state index contributed by atoms with van der Waals surface area (Å²) in [6, 6.07) is 2.10. The van der Waals surface area contributed by atoms with Crippen LogP contribution in [-0.4, -0.2) is 27.9 Å². The van der Waals surface area contributed by atoms with Crippen molar-refractivity contribution >= 4 is 0 Å². The Kier molecular flexibility index (Phi) is 4.93. The first-order valence-corrected chi connectivity index (χ1v) is 5.74. The Morgan fingerprint density at radius 1 is 1.44 bits per heavy atom. The molecule has 0 radical (unpaired) electrons. The van der Waals surface area contributed by atoms with Crippen molar-refractivity contribution in [2.75, 3.05) is 7.05 Å². The molecule has 0 spiro atoms. The maximum atomic E-state index is 8.82. The van der Waals surface area contributed by atoms with Crippen LogP contribution >= 0.6 is 0 Å². The summed E-state index contributed by atoms with van der Waals surface area (Å²) in [5, 5.41) is 16.2. The highest BCUT2D eigenvalue weighted by atomic mass is 15.3. The van der Waals surface area contributed by atoms with E-state index in [1.807, 2.05) is 11.6 Å². The Morgan fingerprint density at radius 2 is 2.19 bits per heavy atom. The summed E-state index contributed by atoms with van der Waals surface area (Å²) in [5.41, 5.74) is 0. The molecule has 5 heteroatoms. The summed E-state index contributed by atoms with van der Waals surface area (Å²) in [6.45, 7) is 4.86. The van der Waals surface area contributed by atoms with E-state index in [9.17, 15) is 0 Å². The van der Waals surface area contributed by atoms with Crippen LogP contribution in [0.4, 0.5) is 0 Å². The Hall–Kier alpha value is -1.41. The molecule has 0 aliphatic rings. The molecule has 88 valence electrons. The van der Waals surface area contributed by atoms with Crippen molar-refractivity contribution in [3.05, 3.63) is 11.6 Å². The van der Waals surface area contributed by atoms with Gasteiger partial charge in [0.2, 0.25) is 0 Å². The molecular formula is C11H19N5. The molecule has 1 unspecified atom stereocenters. The third-order valence-corrected chi connectivity index (χ3v) is 2.56. The maximum absolute atomic E-state index is 8.82. The van der Waals surface area contributed by atoms with E-state index in [0.29, 0.717) is 0 Å². The van der Waals surface area contributed by atoms with Crippen LogP contribution in [0.1, 0.15) is 31.9 Å². The molecule has 0 amide bonds. The van der Waals surface area contributed by atoms with E-state index in [1.54, 1.807) is 7.05 Å². The second kappa shape index (κ2) is 6.23. The molecule has 0 aliphatic heterocycles. The molecule has 1 rings (SSSR count). The lowest BCUT2D eigenvalue weighted by molar-refractivity contribution is 0.501. The molecule has 1 aromatic rings. The summed E-state index contributed by atoms with van der Waals surface area (Å²) >= 11 is 0. The van der Waals surface area contributed by atoms with E-state index in [1.165, 1.54) is 0 Å². The topological polar surface area (TPSA) is 66.5 Å². The third-order valence-electron chi connectivity index (χ3n) is 2.56. The minimum atomic E-state index is -0.112. The van der Waals surface area contributed by atoms with Gasteiger partial charge in [0.1, 0.15) is 5.82 Å². The molecule has 1 N–H and O–H groups in total. The van der Waals surface area contributed by atoms with Crippen LogP contribution in [0.5, 0.6) is 0 Å². The fourth-order valence-corrected chi connectivity index (χ4v) is 1.54. The molecule has 0 aliphatic carbocycles. The average molecular weight is 221 g/mol. The second-order valence-electron chi connectivity index (χ2n) is 3.63. The normalized spacial score (nSPS) is 12.4. The van der Waals surface area contributed by atoms with E-state index in [4.69, 9.17) is 5.26 Å². The number of hydrogen-bond donors (Lipinski definition) is 1. The molecule has 0 aromatic carbocycles. The molecular weight excluding hydrogens is 202 g/mol. The highest BCUT2D eigenvalue weighted by Crippen LogP contribution is 2.03. The highest BCUT2D eigenvalue weighted by Gasteiger charge is 2.09. The van der Waals surface area contributed by atoms with Crippen LogP contribution in [0.15, 0.2) is 0 Å². The van der Waals surface area contributed by atoms with Crippen LogP contribution in [0, 0.1) is 11.3 Å². The minimum absolute atomic E-state index is 0.112. The van der Waals surface area contributed by atoms with Gasteiger partial charge in [0.25, 0.3) is 0 Å². The number of aryl methyl sites for hydroxylation is 3. The third kappa shape index (κ3) is 3.04. The van der Waals surface area contributed by atoms with E-state index in [0.717, 1.165) is 37.5 Å². The lowest BCUT2D eigenvalue weighted by Gasteiger charge is -2.08. The van der Waals surface area contributed by atoms with E-state index < -0.39 is 0 Å². The van der Waals surface area contributed by atoms with Crippen LogP contribution in [-0.2, 0) is 19.4 Å². The van der Waals surface area contributed by atoms with Crippen LogP contribution in [0.25, 0.3) is 0 Å². The summed E-state index contributed by atoms with van der Waals surface area (Å²) in [6.07, 6.45) is 2.49. The minimum Gasteiger partial charge on any atom is -0.305 e. The van der Waals surface area contributed by atoms with E-state index in [-0.39, 0.29) is 6.04 Å². The van der Waals surface area contributed by atoms with Crippen LogP contribution in [0.2, 0.25) is 0 Å². The van der Waals surface area contributed by atoms with Gasteiger partial charge in [0.15, 0.2) is 5.82 Å². The fourth-order valence-electron chi connectivity index (χ4n) is 1.54. The Balaban J connectivity index is 2.65. The smallest absolute Gasteiger partial charge is 0.150 e. The van der Waals surface area contributed by atoms with Crippen LogP contribution < -0.4 is 5.32 Å². The van der Waals surface area contributed by atoms with Gasteiger partial charge in [-0.15, -0.1) is 0 Å². The second-order valence-corrected chi connectivity index (χ2v) is 3.63. The van der Waals surface area contributed by atoms with Gasteiger partial charge in [-0.2, -0.15) is 10.4 Å². The molecule has 0 bridgehead atoms. The van der Waals surface area contributed by atoms with Gasteiger partial charge < -0.3 is 5.32 Å². The largest absolute Gasteiger partial charge is 0.305 e. The summed E-state index contributed by atoms with van der Waals surface area (Å²) < 4.78 is 1.92. The van der Waals surface area contributed by atoms with Crippen molar-refractivity contribution in [2.45, 2.75) is 45.7 Å². The quantitative estimate of drug-likeness (QED) is 0.775.